The number of rotatable bonds is 12. The van der Waals surface area contributed by atoms with Crippen LogP contribution in [0.1, 0.15) is 71.1 Å². The smallest absolute Gasteiger partial charge is 0.305 e. The Kier molecular flexibility index (Phi) is 12.5. The highest BCUT2D eigenvalue weighted by atomic mass is 16.5. The molecule has 1 N–H and O–H groups in total. The summed E-state index contributed by atoms with van der Waals surface area (Å²) in [6.45, 7) is 5.58. The molecule has 1 unspecified atom stereocenters. The largest absolute Gasteiger partial charge is 0.463 e. The van der Waals surface area contributed by atoms with E-state index in [1.54, 1.807) is 0 Å². The lowest BCUT2D eigenvalue weighted by Crippen LogP contribution is -2.15. The van der Waals surface area contributed by atoms with E-state index in [0.29, 0.717) is 6.42 Å². The van der Waals surface area contributed by atoms with Gasteiger partial charge in [-0.05, 0) is 13.3 Å². The minimum Gasteiger partial charge on any atom is -0.463 e. The van der Waals surface area contributed by atoms with Gasteiger partial charge in [-0.2, -0.15) is 0 Å². The van der Waals surface area contributed by atoms with Crippen LogP contribution in [0.25, 0.3) is 0 Å². The standard InChI is InChI=1S/C15H29O3/c1-3-4-5-6-7-8-9-10-11-12-15(17)18-13-14(2)16/h14,16H,2-13H2,1H3. The zero-order valence-electron chi connectivity index (χ0n) is 11.8. The van der Waals surface area contributed by atoms with Crippen LogP contribution in [0.3, 0.4) is 0 Å². The van der Waals surface area contributed by atoms with Crippen molar-refractivity contribution in [3.63, 3.8) is 0 Å². The first-order valence-electron chi connectivity index (χ1n) is 7.33. The van der Waals surface area contributed by atoms with E-state index in [0.717, 1.165) is 12.8 Å². The van der Waals surface area contributed by atoms with Crippen LogP contribution in [-0.2, 0) is 9.53 Å². The fourth-order valence-corrected chi connectivity index (χ4v) is 1.84. The molecule has 1 radical (unpaired) electrons. The van der Waals surface area contributed by atoms with Gasteiger partial charge in [0.15, 0.2) is 0 Å². The maximum Gasteiger partial charge on any atom is 0.305 e. The Balaban J connectivity index is 3.12. The van der Waals surface area contributed by atoms with Crippen LogP contribution >= 0.6 is 0 Å². The molecule has 0 bridgehead atoms. The molecule has 0 aromatic carbocycles. The number of hydrogen-bond acceptors (Lipinski definition) is 3. The third kappa shape index (κ3) is 13.5. The van der Waals surface area contributed by atoms with Crippen LogP contribution in [0, 0.1) is 6.92 Å². The van der Waals surface area contributed by atoms with Crippen molar-refractivity contribution in [2.45, 2.75) is 77.2 Å². The molecule has 107 valence electrons. The summed E-state index contributed by atoms with van der Waals surface area (Å²) in [7, 11) is 0. The average molecular weight is 257 g/mol. The minimum absolute atomic E-state index is 0.0102. The molecule has 0 aliphatic heterocycles. The zero-order chi connectivity index (χ0) is 13.6. The van der Waals surface area contributed by atoms with Gasteiger partial charge in [-0.25, -0.2) is 0 Å². The van der Waals surface area contributed by atoms with Gasteiger partial charge in [0.25, 0.3) is 0 Å². The maximum absolute atomic E-state index is 11.2. The first kappa shape index (κ1) is 17.4. The molecule has 3 nitrogen and oxygen atoms in total. The van der Waals surface area contributed by atoms with E-state index < -0.39 is 6.10 Å². The molecule has 0 aliphatic rings. The van der Waals surface area contributed by atoms with Crippen molar-refractivity contribution in [1.29, 1.82) is 0 Å². The fraction of sp³-hybridized carbons (Fsp3) is 0.867. The first-order chi connectivity index (χ1) is 8.66. The molecular weight excluding hydrogens is 228 g/mol. The minimum atomic E-state index is -0.808. The van der Waals surface area contributed by atoms with Crippen molar-refractivity contribution >= 4 is 5.97 Å². The summed E-state index contributed by atoms with van der Waals surface area (Å²) < 4.78 is 4.82. The average Bonchev–Trinajstić information content (AvgIpc) is 2.34. The molecule has 0 fully saturated rings. The fourth-order valence-electron chi connectivity index (χ4n) is 1.84. The number of ether oxygens (including phenoxy) is 1. The Hall–Kier alpha value is -0.570. The molecule has 1 atom stereocenters. The van der Waals surface area contributed by atoms with Crippen LogP contribution in [0.15, 0.2) is 0 Å². The molecule has 0 amide bonds. The van der Waals surface area contributed by atoms with Crippen LogP contribution in [0.2, 0.25) is 0 Å². The van der Waals surface area contributed by atoms with E-state index in [1.165, 1.54) is 44.9 Å². The molecule has 0 aliphatic carbocycles. The van der Waals surface area contributed by atoms with Crippen molar-refractivity contribution in [2.75, 3.05) is 6.61 Å². The Morgan fingerprint density at radius 3 is 2.06 bits per heavy atom. The summed E-state index contributed by atoms with van der Waals surface area (Å²) in [6, 6.07) is 0. The Labute approximate surface area is 112 Å². The summed E-state index contributed by atoms with van der Waals surface area (Å²) in [5, 5.41) is 8.84. The van der Waals surface area contributed by atoms with Gasteiger partial charge in [0.2, 0.25) is 0 Å². The summed E-state index contributed by atoms with van der Waals surface area (Å²) >= 11 is 0. The van der Waals surface area contributed by atoms with Crippen molar-refractivity contribution in [2.24, 2.45) is 0 Å². The molecule has 0 rings (SSSR count). The SMILES string of the molecule is [CH2]C(O)COC(=O)CCCCCCCCCCC. The van der Waals surface area contributed by atoms with E-state index in [9.17, 15) is 4.79 Å². The molecular formula is C15H29O3. The van der Waals surface area contributed by atoms with Gasteiger partial charge in [-0.1, -0.05) is 58.3 Å². The molecule has 18 heavy (non-hydrogen) atoms. The summed E-state index contributed by atoms with van der Waals surface area (Å²) in [4.78, 5) is 11.2. The summed E-state index contributed by atoms with van der Waals surface area (Å²) in [6.07, 6.45) is 10.8. The highest BCUT2D eigenvalue weighted by molar-refractivity contribution is 5.69. The number of carbonyl (C=O) groups is 1. The van der Waals surface area contributed by atoms with Gasteiger partial charge in [0.1, 0.15) is 6.61 Å². The van der Waals surface area contributed by atoms with Gasteiger partial charge in [-0.3, -0.25) is 4.79 Å². The number of aliphatic hydroxyl groups is 1. The Bertz CT molecular complexity index is 190. The molecule has 3 heteroatoms. The van der Waals surface area contributed by atoms with Crippen LogP contribution in [0.4, 0.5) is 0 Å². The second-order valence-corrected chi connectivity index (χ2v) is 4.92. The zero-order valence-corrected chi connectivity index (χ0v) is 11.8. The third-order valence-electron chi connectivity index (χ3n) is 2.92. The lowest BCUT2D eigenvalue weighted by Gasteiger charge is -2.06. The summed E-state index contributed by atoms with van der Waals surface area (Å²) in [5.74, 6) is -0.222. The topological polar surface area (TPSA) is 46.5 Å². The maximum atomic E-state index is 11.2. The molecule has 0 saturated carbocycles. The highest BCUT2D eigenvalue weighted by Gasteiger charge is 2.04. The van der Waals surface area contributed by atoms with E-state index in [-0.39, 0.29) is 12.6 Å². The second-order valence-electron chi connectivity index (χ2n) is 4.92. The molecule has 0 aromatic rings. The number of aliphatic hydroxyl groups excluding tert-OH is 1. The molecule has 0 spiro atoms. The predicted octanol–water partition coefficient (Wildman–Crippen LogP) is 3.65. The van der Waals surface area contributed by atoms with Gasteiger partial charge >= 0.3 is 5.97 Å². The van der Waals surface area contributed by atoms with Crippen LogP contribution in [-0.4, -0.2) is 23.8 Å². The molecule has 0 saturated heterocycles. The van der Waals surface area contributed by atoms with E-state index in [1.807, 2.05) is 0 Å². The van der Waals surface area contributed by atoms with Gasteiger partial charge in [-0.15, -0.1) is 0 Å². The van der Waals surface area contributed by atoms with Crippen molar-refractivity contribution < 1.29 is 14.6 Å². The number of carbonyl (C=O) groups excluding carboxylic acids is 1. The second kappa shape index (κ2) is 12.9. The van der Waals surface area contributed by atoms with Gasteiger partial charge in [0.05, 0.1) is 6.10 Å². The third-order valence-corrected chi connectivity index (χ3v) is 2.92. The lowest BCUT2D eigenvalue weighted by atomic mass is 10.1. The Morgan fingerprint density at radius 1 is 1.06 bits per heavy atom. The quantitative estimate of drug-likeness (QED) is 0.429. The number of unbranched alkanes of at least 4 members (excludes halogenated alkanes) is 8. The van der Waals surface area contributed by atoms with E-state index >= 15 is 0 Å². The van der Waals surface area contributed by atoms with Crippen LogP contribution in [0.5, 0.6) is 0 Å². The first-order valence-corrected chi connectivity index (χ1v) is 7.33. The molecule has 0 aromatic heterocycles. The normalized spacial score (nSPS) is 12.4. The number of esters is 1. The van der Waals surface area contributed by atoms with Gasteiger partial charge < -0.3 is 9.84 Å². The van der Waals surface area contributed by atoms with Crippen LogP contribution < -0.4 is 0 Å². The lowest BCUT2D eigenvalue weighted by molar-refractivity contribution is -0.146. The monoisotopic (exact) mass is 257 g/mol. The predicted molar refractivity (Wildman–Crippen MR) is 74.2 cm³/mol. The molecule has 0 heterocycles. The highest BCUT2D eigenvalue weighted by Crippen LogP contribution is 2.10. The number of hydrogen-bond donors (Lipinski definition) is 1. The van der Waals surface area contributed by atoms with E-state index in [4.69, 9.17) is 9.84 Å². The van der Waals surface area contributed by atoms with Crippen molar-refractivity contribution in [3.05, 3.63) is 6.92 Å². The van der Waals surface area contributed by atoms with Crippen molar-refractivity contribution in [1.82, 2.24) is 0 Å². The van der Waals surface area contributed by atoms with Gasteiger partial charge in [0, 0.05) is 6.42 Å². The Morgan fingerprint density at radius 2 is 1.56 bits per heavy atom. The van der Waals surface area contributed by atoms with Crippen molar-refractivity contribution in [3.8, 4) is 0 Å². The van der Waals surface area contributed by atoms with E-state index in [2.05, 4.69) is 13.8 Å². The summed E-state index contributed by atoms with van der Waals surface area (Å²) in [5.41, 5.74) is 0.